The summed E-state index contributed by atoms with van der Waals surface area (Å²) in [5.41, 5.74) is 1.87. The molecule has 0 atom stereocenters. The van der Waals surface area contributed by atoms with Gasteiger partial charge in [-0.15, -0.1) is 0 Å². The lowest BCUT2D eigenvalue weighted by atomic mass is 10.1. The number of ether oxygens (including phenoxy) is 1. The van der Waals surface area contributed by atoms with E-state index in [1.54, 1.807) is 6.20 Å². The quantitative estimate of drug-likeness (QED) is 0.738. The van der Waals surface area contributed by atoms with Crippen molar-refractivity contribution in [2.45, 2.75) is 13.3 Å². The molecule has 0 spiro atoms. The molecular weight excluding hydrogens is 202 g/mol. The van der Waals surface area contributed by atoms with Gasteiger partial charge in [-0.25, -0.2) is 0 Å². The van der Waals surface area contributed by atoms with Gasteiger partial charge in [0, 0.05) is 11.6 Å². The number of pyridine rings is 1. The number of rotatable bonds is 3. The van der Waals surface area contributed by atoms with Gasteiger partial charge in [0.2, 0.25) is 0 Å². The van der Waals surface area contributed by atoms with E-state index in [1.165, 1.54) is 0 Å². The maximum atomic E-state index is 11.4. The third-order valence-electron chi connectivity index (χ3n) is 2.38. The highest BCUT2D eigenvalue weighted by Crippen LogP contribution is 2.16. The number of fused-ring (bicyclic) bond motifs is 1. The number of benzene rings is 1. The summed E-state index contributed by atoms with van der Waals surface area (Å²) in [6.07, 6.45) is 2.02. The molecule has 0 N–H and O–H groups in total. The molecule has 0 unspecified atom stereocenters. The number of aromatic nitrogens is 1. The zero-order chi connectivity index (χ0) is 11.4. The van der Waals surface area contributed by atoms with Gasteiger partial charge in [0.05, 0.1) is 18.5 Å². The Morgan fingerprint density at radius 2 is 2.12 bits per heavy atom. The van der Waals surface area contributed by atoms with Gasteiger partial charge in [0.25, 0.3) is 0 Å². The van der Waals surface area contributed by atoms with Gasteiger partial charge in [-0.1, -0.05) is 18.2 Å². The lowest BCUT2D eigenvalue weighted by molar-refractivity contribution is -0.142. The fraction of sp³-hybridized carbons (Fsp3) is 0.231. The SMILES string of the molecule is CCOC(=O)Cc1ccnc2ccccc12. The van der Waals surface area contributed by atoms with Crippen LogP contribution in [0.15, 0.2) is 36.5 Å². The molecule has 1 heterocycles. The first-order valence-electron chi connectivity index (χ1n) is 5.29. The van der Waals surface area contributed by atoms with Gasteiger partial charge < -0.3 is 4.74 Å². The summed E-state index contributed by atoms with van der Waals surface area (Å²) in [5.74, 6) is -0.196. The minimum atomic E-state index is -0.196. The summed E-state index contributed by atoms with van der Waals surface area (Å²) < 4.78 is 4.94. The number of hydrogen-bond acceptors (Lipinski definition) is 3. The number of para-hydroxylation sites is 1. The summed E-state index contributed by atoms with van der Waals surface area (Å²) in [4.78, 5) is 15.7. The number of hydrogen-bond donors (Lipinski definition) is 0. The first kappa shape index (κ1) is 10.6. The molecular formula is C13H13NO2. The monoisotopic (exact) mass is 215 g/mol. The molecule has 0 amide bonds. The topological polar surface area (TPSA) is 39.2 Å². The van der Waals surface area contributed by atoms with Crippen LogP contribution < -0.4 is 0 Å². The van der Waals surface area contributed by atoms with Crippen molar-refractivity contribution in [3.8, 4) is 0 Å². The zero-order valence-corrected chi connectivity index (χ0v) is 9.14. The summed E-state index contributed by atoms with van der Waals surface area (Å²) in [5, 5.41) is 1.01. The number of nitrogens with zero attached hydrogens (tertiary/aromatic N) is 1. The van der Waals surface area contributed by atoms with Crippen LogP contribution in [0.4, 0.5) is 0 Å². The van der Waals surface area contributed by atoms with Gasteiger partial charge in [0.15, 0.2) is 0 Å². The lowest BCUT2D eigenvalue weighted by Gasteiger charge is -2.05. The number of carbonyl (C=O) groups is 1. The van der Waals surface area contributed by atoms with Crippen LogP contribution in [0.3, 0.4) is 0 Å². The maximum absolute atomic E-state index is 11.4. The molecule has 0 fully saturated rings. The molecule has 0 aliphatic heterocycles. The molecule has 0 aliphatic carbocycles. The molecule has 0 aliphatic rings. The average molecular weight is 215 g/mol. The smallest absolute Gasteiger partial charge is 0.310 e. The predicted octanol–water partition coefficient (Wildman–Crippen LogP) is 2.34. The highest BCUT2D eigenvalue weighted by Gasteiger charge is 2.07. The minimum Gasteiger partial charge on any atom is -0.466 e. The van der Waals surface area contributed by atoms with E-state index in [4.69, 9.17) is 4.74 Å². The van der Waals surface area contributed by atoms with Crippen molar-refractivity contribution in [3.05, 3.63) is 42.1 Å². The van der Waals surface area contributed by atoms with Crippen LogP contribution in [-0.2, 0) is 16.0 Å². The van der Waals surface area contributed by atoms with Crippen molar-refractivity contribution in [2.24, 2.45) is 0 Å². The molecule has 0 saturated carbocycles. The Morgan fingerprint density at radius 1 is 1.31 bits per heavy atom. The van der Waals surface area contributed by atoms with E-state index in [0.717, 1.165) is 16.5 Å². The summed E-state index contributed by atoms with van der Waals surface area (Å²) in [7, 11) is 0. The minimum absolute atomic E-state index is 0.196. The van der Waals surface area contributed by atoms with Crippen molar-refractivity contribution in [3.63, 3.8) is 0 Å². The fourth-order valence-corrected chi connectivity index (χ4v) is 1.68. The normalized spacial score (nSPS) is 10.3. The van der Waals surface area contributed by atoms with Crippen LogP contribution >= 0.6 is 0 Å². The van der Waals surface area contributed by atoms with Crippen LogP contribution in [0.2, 0.25) is 0 Å². The van der Waals surface area contributed by atoms with E-state index >= 15 is 0 Å². The van der Waals surface area contributed by atoms with E-state index in [2.05, 4.69) is 4.98 Å². The molecule has 16 heavy (non-hydrogen) atoms. The fourth-order valence-electron chi connectivity index (χ4n) is 1.68. The van der Waals surface area contributed by atoms with Crippen LogP contribution in [0.1, 0.15) is 12.5 Å². The first-order valence-corrected chi connectivity index (χ1v) is 5.29. The van der Waals surface area contributed by atoms with Crippen molar-refractivity contribution in [1.82, 2.24) is 4.98 Å². The first-order chi connectivity index (χ1) is 7.81. The van der Waals surface area contributed by atoms with E-state index in [9.17, 15) is 4.79 Å². The van der Waals surface area contributed by atoms with E-state index in [-0.39, 0.29) is 5.97 Å². The Balaban J connectivity index is 2.33. The second-order valence-corrected chi connectivity index (χ2v) is 3.47. The molecule has 0 saturated heterocycles. The van der Waals surface area contributed by atoms with Crippen molar-refractivity contribution < 1.29 is 9.53 Å². The second-order valence-electron chi connectivity index (χ2n) is 3.47. The third-order valence-corrected chi connectivity index (χ3v) is 2.38. The molecule has 3 nitrogen and oxygen atoms in total. The Kier molecular flexibility index (Phi) is 3.15. The van der Waals surface area contributed by atoms with Gasteiger partial charge in [-0.2, -0.15) is 0 Å². The molecule has 1 aromatic heterocycles. The third kappa shape index (κ3) is 2.19. The number of carbonyl (C=O) groups excluding carboxylic acids is 1. The highest BCUT2D eigenvalue weighted by molar-refractivity contribution is 5.86. The second kappa shape index (κ2) is 4.75. The van der Waals surface area contributed by atoms with Gasteiger partial charge in [0.1, 0.15) is 0 Å². The van der Waals surface area contributed by atoms with E-state index in [0.29, 0.717) is 13.0 Å². The molecule has 0 radical (unpaired) electrons. The molecule has 0 bridgehead atoms. The van der Waals surface area contributed by atoms with Crippen molar-refractivity contribution >= 4 is 16.9 Å². The number of esters is 1. The van der Waals surface area contributed by atoms with Gasteiger partial charge in [-0.3, -0.25) is 9.78 Å². The Morgan fingerprint density at radius 3 is 2.94 bits per heavy atom. The predicted molar refractivity (Wildman–Crippen MR) is 62.1 cm³/mol. The van der Waals surface area contributed by atoms with Crippen LogP contribution in [0.5, 0.6) is 0 Å². The zero-order valence-electron chi connectivity index (χ0n) is 9.14. The molecule has 3 heteroatoms. The van der Waals surface area contributed by atoms with Crippen LogP contribution in [0, 0.1) is 0 Å². The standard InChI is InChI=1S/C13H13NO2/c1-2-16-13(15)9-10-7-8-14-12-6-4-3-5-11(10)12/h3-8H,2,9H2,1H3. The Labute approximate surface area is 94.1 Å². The molecule has 1 aromatic carbocycles. The molecule has 2 rings (SSSR count). The maximum Gasteiger partial charge on any atom is 0.310 e. The summed E-state index contributed by atoms with van der Waals surface area (Å²) in [6.45, 7) is 2.23. The average Bonchev–Trinajstić information content (AvgIpc) is 2.30. The Bertz CT molecular complexity index is 503. The van der Waals surface area contributed by atoms with Crippen molar-refractivity contribution in [2.75, 3.05) is 6.61 Å². The highest BCUT2D eigenvalue weighted by atomic mass is 16.5. The van der Waals surface area contributed by atoms with Gasteiger partial charge >= 0.3 is 5.97 Å². The van der Waals surface area contributed by atoms with E-state index in [1.807, 2.05) is 37.3 Å². The largest absolute Gasteiger partial charge is 0.466 e. The summed E-state index contributed by atoms with van der Waals surface area (Å²) >= 11 is 0. The summed E-state index contributed by atoms with van der Waals surface area (Å²) in [6, 6.07) is 9.64. The Hall–Kier alpha value is -1.90. The van der Waals surface area contributed by atoms with E-state index < -0.39 is 0 Å². The molecule has 2 aromatic rings. The van der Waals surface area contributed by atoms with Crippen LogP contribution in [-0.4, -0.2) is 17.6 Å². The van der Waals surface area contributed by atoms with Gasteiger partial charge in [-0.05, 0) is 24.6 Å². The van der Waals surface area contributed by atoms with Crippen LogP contribution in [0.25, 0.3) is 10.9 Å². The van der Waals surface area contributed by atoms with Crippen molar-refractivity contribution in [1.29, 1.82) is 0 Å². The lowest BCUT2D eigenvalue weighted by Crippen LogP contribution is -2.07. The molecule has 82 valence electrons.